The molecule has 108 valence electrons. The van der Waals surface area contributed by atoms with Crippen molar-refractivity contribution in [2.45, 2.75) is 44.7 Å². The van der Waals surface area contributed by atoms with Crippen molar-refractivity contribution < 1.29 is 9.72 Å². The van der Waals surface area contributed by atoms with Crippen molar-refractivity contribution in [1.29, 1.82) is 0 Å². The van der Waals surface area contributed by atoms with E-state index in [4.69, 9.17) is 5.73 Å². The van der Waals surface area contributed by atoms with Crippen molar-refractivity contribution in [2.24, 2.45) is 5.73 Å². The summed E-state index contributed by atoms with van der Waals surface area (Å²) in [7, 11) is 0. The standard InChI is InChI=1S/C14H19N3O3/c1-9-3-2-4-12(17(19)20)13(9)14(18)16-11-7-5-10(15)6-8-11/h2-4,10-11H,5-8,15H2,1H3,(H,16,18). The van der Waals surface area contributed by atoms with Crippen LogP contribution in [-0.2, 0) is 0 Å². The van der Waals surface area contributed by atoms with Gasteiger partial charge in [0.05, 0.1) is 4.92 Å². The van der Waals surface area contributed by atoms with Crippen molar-refractivity contribution in [2.75, 3.05) is 0 Å². The molecule has 0 aliphatic heterocycles. The Morgan fingerprint density at radius 2 is 2.00 bits per heavy atom. The molecule has 0 atom stereocenters. The first-order valence-electron chi connectivity index (χ1n) is 6.79. The molecule has 1 aliphatic carbocycles. The maximum atomic E-state index is 12.3. The molecule has 6 heteroatoms. The molecule has 1 fully saturated rings. The molecule has 1 amide bonds. The Bertz CT molecular complexity index is 522. The molecular weight excluding hydrogens is 258 g/mol. The molecule has 0 aromatic heterocycles. The molecule has 0 bridgehead atoms. The Kier molecular flexibility index (Phi) is 4.34. The molecule has 0 heterocycles. The highest BCUT2D eigenvalue weighted by Gasteiger charge is 2.26. The maximum absolute atomic E-state index is 12.3. The van der Waals surface area contributed by atoms with Crippen LogP contribution in [-0.4, -0.2) is 22.9 Å². The van der Waals surface area contributed by atoms with Gasteiger partial charge in [0.1, 0.15) is 5.56 Å². The first-order valence-corrected chi connectivity index (χ1v) is 6.79. The van der Waals surface area contributed by atoms with E-state index < -0.39 is 4.92 Å². The van der Waals surface area contributed by atoms with E-state index in [0.29, 0.717) is 5.56 Å². The lowest BCUT2D eigenvalue weighted by atomic mass is 9.91. The van der Waals surface area contributed by atoms with E-state index in [0.717, 1.165) is 25.7 Å². The molecule has 0 radical (unpaired) electrons. The van der Waals surface area contributed by atoms with Gasteiger partial charge in [0, 0.05) is 18.2 Å². The van der Waals surface area contributed by atoms with E-state index in [-0.39, 0.29) is 29.2 Å². The van der Waals surface area contributed by atoms with Crippen molar-refractivity contribution >= 4 is 11.6 Å². The van der Waals surface area contributed by atoms with E-state index in [1.165, 1.54) is 6.07 Å². The van der Waals surface area contributed by atoms with Gasteiger partial charge in [0.2, 0.25) is 0 Å². The van der Waals surface area contributed by atoms with Crippen LogP contribution in [0.2, 0.25) is 0 Å². The molecule has 2 rings (SSSR count). The SMILES string of the molecule is Cc1cccc([N+](=O)[O-])c1C(=O)NC1CCC(N)CC1. The monoisotopic (exact) mass is 277 g/mol. The lowest BCUT2D eigenvalue weighted by molar-refractivity contribution is -0.385. The smallest absolute Gasteiger partial charge is 0.282 e. The molecular formula is C14H19N3O3. The third kappa shape index (κ3) is 3.14. The average Bonchev–Trinajstić information content (AvgIpc) is 2.40. The van der Waals surface area contributed by atoms with Gasteiger partial charge >= 0.3 is 0 Å². The largest absolute Gasteiger partial charge is 0.349 e. The lowest BCUT2D eigenvalue weighted by Gasteiger charge is -2.26. The number of amides is 1. The van der Waals surface area contributed by atoms with E-state index in [1.807, 2.05) is 0 Å². The molecule has 6 nitrogen and oxygen atoms in total. The van der Waals surface area contributed by atoms with Crippen molar-refractivity contribution in [3.8, 4) is 0 Å². The number of nitrogens with zero attached hydrogens (tertiary/aromatic N) is 1. The number of hydrogen-bond acceptors (Lipinski definition) is 4. The predicted molar refractivity (Wildman–Crippen MR) is 75.5 cm³/mol. The third-order valence-corrected chi connectivity index (χ3v) is 3.78. The minimum absolute atomic E-state index is 0.0570. The molecule has 0 unspecified atom stereocenters. The van der Waals surface area contributed by atoms with Gasteiger partial charge in [-0.3, -0.25) is 14.9 Å². The summed E-state index contributed by atoms with van der Waals surface area (Å²) in [5.41, 5.74) is 6.46. The zero-order valence-electron chi connectivity index (χ0n) is 11.5. The summed E-state index contributed by atoms with van der Waals surface area (Å²) >= 11 is 0. The van der Waals surface area contributed by atoms with Gasteiger partial charge in [0.15, 0.2) is 0 Å². The van der Waals surface area contributed by atoms with Crippen LogP contribution in [0.3, 0.4) is 0 Å². The summed E-state index contributed by atoms with van der Waals surface area (Å²) in [5, 5.41) is 13.9. The van der Waals surface area contributed by atoms with Crippen LogP contribution in [0.15, 0.2) is 18.2 Å². The summed E-state index contributed by atoms with van der Waals surface area (Å²) in [5.74, 6) is -0.365. The van der Waals surface area contributed by atoms with Gasteiger partial charge < -0.3 is 11.1 Å². The predicted octanol–water partition coefficient (Wildman–Crippen LogP) is 1.90. The Morgan fingerprint density at radius 3 is 2.60 bits per heavy atom. The van der Waals surface area contributed by atoms with Crippen molar-refractivity contribution in [3.05, 3.63) is 39.4 Å². The third-order valence-electron chi connectivity index (χ3n) is 3.78. The number of nitro benzene ring substituents is 1. The number of carbonyl (C=O) groups excluding carboxylic acids is 1. The van der Waals surface area contributed by atoms with Crippen LogP contribution < -0.4 is 11.1 Å². The van der Waals surface area contributed by atoms with Crippen molar-refractivity contribution in [1.82, 2.24) is 5.32 Å². The Labute approximate surface area is 117 Å². The second-order valence-electron chi connectivity index (χ2n) is 5.31. The van der Waals surface area contributed by atoms with Gasteiger partial charge in [-0.1, -0.05) is 12.1 Å². The van der Waals surface area contributed by atoms with Gasteiger partial charge in [-0.05, 0) is 38.2 Å². The molecule has 20 heavy (non-hydrogen) atoms. The fraction of sp³-hybridized carbons (Fsp3) is 0.500. The van der Waals surface area contributed by atoms with E-state index >= 15 is 0 Å². The Morgan fingerprint density at radius 1 is 1.35 bits per heavy atom. The first kappa shape index (κ1) is 14.5. The summed E-state index contributed by atoms with van der Waals surface area (Å²) in [6.07, 6.45) is 3.40. The molecule has 1 saturated carbocycles. The van der Waals surface area contributed by atoms with Crippen LogP contribution in [0.5, 0.6) is 0 Å². The number of nitro groups is 1. The number of carbonyl (C=O) groups is 1. The quantitative estimate of drug-likeness (QED) is 0.651. The average molecular weight is 277 g/mol. The maximum Gasteiger partial charge on any atom is 0.282 e. The highest BCUT2D eigenvalue weighted by atomic mass is 16.6. The summed E-state index contributed by atoms with van der Waals surface area (Å²) in [6.45, 7) is 1.71. The highest BCUT2D eigenvalue weighted by molar-refractivity contribution is 5.99. The van der Waals surface area contributed by atoms with Crippen LogP contribution >= 0.6 is 0 Å². The number of aryl methyl sites for hydroxylation is 1. The van der Waals surface area contributed by atoms with Crippen LogP contribution in [0.1, 0.15) is 41.6 Å². The molecule has 1 aromatic rings. The summed E-state index contributed by atoms with van der Waals surface area (Å²) in [4.78, 5) is 22.8. The van der Waals surface area contributed by atoms with Crippen LogP contribution in [0.4, 0.5) is 5.69 Å². The minimum Gasteiger partial charge on any atom is -0.349 e. The Balaban J connectivity index is 2.15. The second kappa shape index (κ2) is 6.00. The fourth-order valence-corrected chi connectivity index (χ4v) is 2.62. The number of benzene rings is 1. The van der Waals surface area contributed by atoms with Crippen molar-refractivity contribution in [3.63, 3.8) is 0 Å². The van der Waals surface area contributed by atoms with Crippen LogP contribution in [0, 0.1) is 17.0 Å². The minimum atomic E-state index is -0.515. The van der Waals surface area contributed by atoms with E-state index in [2.05, 4.69) is 5.32 Å². The summed E-state index contributed by atoms with van der Waals surface area (Å²) in [6, 6.07) is 4.92. The number of nitrogens with one attached hydrogen (secondary N) is 1. The van der Waals surface area contributed by atoms with Gasteiger partial charge in [0.25, 0.3) is 11.6 Å². The fourth-order valence-electron chi connectivity index (χ4n) is 2.62. The topological polar surface area (TPSA) is 98.3 Å². The molecule has 0 saturated heterocycles. The van der Waals surface area contributed by atoms with Crippen LogP contribution in [0.25, 0.3) is 0 Å². The zero-order valence-corrected chi connectivity index (χ0v) is 11.5. The molecule has 3 N–H and O–H groups in total. The molecule has 1 aliphatic rings. The van der Waals surface area contributed by atoms with Gasteiger partial charge in [-0.25, -0.2) is 0 Å². The second-order valence-corrected chi connectivity index (χ2v) is 5.31. The molecule has 0 spiro atoms. The Hall–Kier alpha value is -1.95. The number of hydrogen-bond donors (Lipinski definition) is 2. The number of nitrogens with two attached hydrogens (primary N) is 1. The van der Waals surface area contributed by atoms with E-state index in [1.54, 1.807) is 19.1 Å². The first-order chi connectivity index (χ1) is 9.49. The zero-order chi connectivity index (χ0) is 14.7. The lowest BCUT2D eigenvalue weighted by Crippen LogP contribution is -2.40. The molecule has 1 aromatic carbocycles. The van der Waals surface area contributed by atoms with Gasteiger partial charge in [-0.15, -0.1) is 0 Å². The normalized spacial score (nSPS) is 22.3. The van der Waals surface area contributed by atoms with E-state index in [9.17, 15) is 14.9 Å². The highest BCUT2D eigenvalue weighted by Crippen LogP contribution is 2.23. The summed E-state index contributed by atoms with van der Waals surface area (Å²) < 4.78 is 0. The van der Waals surface area contributed by atoms with Gasteiger partial charge in [-0.2, -0.15) is 0 Å². The number of rotatable bonds is 3.